The van der Waals surface area contributed by atoms with Gasteiger partial charge in [-0.05, 0) is 52.3 Å². The molecule has 3 aliphatic heterocycles. The third-order valence-corrected chi connectivity index (χ3v) is 31.7. The summed E-state index contributed by atoms with van der Waals surface area (Å²) in [6, 6.07) is 62.9. The lowest BCUT2D eigenvalue weighted by atomic mass is 9.85. The first-order chi connectivity index (χ1) is 36.3. The first kappa shape index (κ1) is 54.5. The molecule has 2 saturated heterocycles. The van der Waals surface area contributed by atoms with Crippen LogP contribution >= 0.6 is 0 Å². The van der Waals surface area contributed by atoms with Crippen molar-refractivity contribution < 1.29 is 47.5 Å². The summed E-state index contributed by atoms with van der Waals surface area (Å²) in [5.41, 5.74) is -0.993. The Bertz CT molecular complexity index is 2760. The number of hydrogen-bond acceptors (Lipinski definition) is 10. The van der Waals surface area contributed by atoms with Gasteiger partial charge in [0.05, 0.1) is 31.5 Å². The second-order valence-electron chi connectivity index (χ2n) is 24.3. The number of aliphatic hydroxyl groups excluding tert-OH is 3. The lowest BCUT2D eigenvalue weighted by molar-refractivity contribution is -0.343. The number of hydrogen-bond donors (Lipinski definition) is 3. The molecule has 3 N–H and O–H groups in total. The highest BCUT2D eigenvalue weighted by atomic mass is 28.4. The molecule has 6 aromatic carbocycles. The first-order valence-corrected chi connectivity index (χ1v) is 32.7. The average Bonchev–Trinajstić information content (AvgIpc) is 4.24. The minimum absolute atomic E-state index is 0.0918. The molecule has 0 unspecified atom stereocenters. The molecule has 400 valence electrons. The Balaban J connectivity index is 1.04. The molecular weight excluding hydrogens is 1000 g/mol. The number of epoxide rings is 1. The summed E-state index contributed by atoms with van der Waals surface area (Å²) in [5, 5.41) is 41.1. The molecule has 10 nitrogen and oxygen atoms in total. The van der Waals surface area contributed by atoms with E-state index in [9.17, 15) is 15.3 Å². The van der Waals surface area contributed by atoms with Crippen molar-refractivity contribution in [3.63, 3.8) is 0 Å². The number of aliphatic hydroxyl groups is 3. The maximum atomic E-state index is 11.9. The minimum Gasteiger partial charge on any atom is -0.472 e. The van der Waals surface area contributed by atoms with Crippen LogP contribution in [0.1, 0.15) is 62.3 Å². The van der Waals surface area contributed by atoms with Gasteiger partial charge in [-0.1, -0.05) is 244 Å². The molecule has 0 amide bonds. The first-order valence-electron chi connectivity index (χ1n) is 26.9. The van der Waals surface area contributed by atoms with Crippen molar-refractivity contribution >= 4 is 56.1 Å². The molecule has 0 radical (unpaired) electrons. The van der Waals surface area contributed by atoms with E-state index in [1.807, 2.05) is 60.7 Å². The van der Waals surface area contributed by atoms with Gasteiger partial charge in [0.2, 0.25) is 6.29 Å². The van der Waals surface area contributed by atoms with Crippen molar-refractivity contribution in [1.82, 2.24) is 0 Å². The van der Waals surface area contributed by atoms with E-state index in [2.05, 4.69) is 190 Å². The Morgan fingerprint density at radius 2 is 0.855 bits per heavy atom. The van der Waals surface area contributed by atoms with E-state index in [1.165, 1.54) is 0 Å². The molecular formula is C63H76O10Si3. The van der Waals surface area contributed by atoms with E-state index in [-0.39, 0.29) is 34.2 Å². The zero-order valence-electron chi connectivity index (χ0n) is 45.4. The number of ether oxygens (including phenoxy) is 4. The lowest BCUT2D eigenvalue weighted by Crippen LogP contribution is -2.68. The number of benzene rings is 6. The fourth-order valence-corrected chi connectivity index (χ4v) is 27.0. The van der Waals surface area contributed by atoms with Crippen LogP contribution in [0.3, 0.4) is 0 Å². The van der Waals surface area contributed by atoms with Crippen LogP contribution in [0.25, 0.3) is 0 Å². The Morgan fingerprint density at radius 3 is 1.25 bits per heavy atom. The van der Waals surface area contributed by atoms with Crippen LogP contribution in [0.15, 0.2) is 194 Å². The second kappa shape index (κ2) is 21.1. The van der Waals surface area contributed by atoms with Gasteiger partial charge in [0.25, 0.3) is 25.0 Å². The monoisotopic (exact) mass is 1080 g/mol. The molecule has 3 fully saturated rings. The fourth-order valence-electron chi connectivity index (χ4n) is 13.1. The number of fused-ring (bicyclic) bond motifs is 3. The molecule has 11 atom stereocenters. The summed E-state index contributed by atoms with van der Waals surface area (Å²) < 4.78 is 50.5. The molecule has 4 aliphatic rings. The molecule has 3 heterocycles. The van der Waals surface area contributed by atoms with Crippen LogP contribution in [0.2, 0.25) is 15.1 Å². The molecule has 0 spiro atoms. The van der Waals surface area contributed by atoms with Gasteiger partial charge in [-0.3, -0.25) is 0 Å². The molecule has 0 bridgehead atoms. The Labute approximate surface area is 453 Å². The van der Waals surface area contributed by atoms with Gasteiger partial charge in [0.15, 0.2) is 6.29 Å². The third-order valence-electron chi connectivity index (χ3n) is 16.7. The van der Waals surface area contributed by atoms with Crippen molar-refractivity contribution in [2.24, 2.45) is 11.8 Å². The quantitative estimate of drug-likeness (QED) is 0.0679. The Kier molecular flexibility index (Phi) is 15.1. The predicted molar refractivity (Wildman–Crippen MR) is 306 cm³/mol. The lowest BCUT2D eigenvalue weighted by Gasteiger charge is -2.47. The van der Waals surface area contributed by atoms with Crippen LogP contribution < -0.4 is 31.1 Å². The number of rotatable bonds is 16. The van der Waals surface area contributed by atoms with E-state index in [1.54, 1.807) is 6.26 Å². The molecule has 1 aliphatic carbocycles. The van der Waals surface area contributed by atoms with Gasteiger partial charge < -0.3 is 47.5 Å². The predicted octanol–water partition coefficient (Wildman–Crippen LogP) is 7.16. The van der Waals surface area contributed by atoms with Gasteiger partial charge in [0, 0.05) is 5.92 Å². The van der Waals surface area contributed by atoms with Gasteiger partial charge in [-0.25, -0.2) is 0 Å². The van der Waals surface area contributed by atoms with Crippen molar-refractivity contribution in [2.45, 2.75) is 132 Å². The minimum atomic E-state index is -3.19. The van der Waals surface area contributed by atoms with E-state index >= 15 is 0 Å². The Hall–Kier alpha value is -4.85. The van der Waals surface area contributed by atoms with Crippen LogP contribution in [0.5, 0.6) is 0 Å². The zero-order chi connectivity index (χ0) is 53.7. The van der Waals surface area contributed by atoms with Crippen LogP contribution in [-0.4, -0.2) is 108 Å². The topological polar surface area (TPSA) is 129 Å². The standard InChI is InChI=1S/C63H76O10Si3/c1-60(2,3)74(44-28-16-10-17-29-44,45-30-18-11-19-31-45)68-42-51-53(64)54(65)55(66)59(70-51)71-58-52-50(40-41-67-58)56(73-76(62(7,8)9,48-36-24-14-25-37-48)49-38-26-15-27-39-49)57-63(52,72-57)43-69-75(61(4,5)6,46-32-20-12-21-33-46)47-34-22-13-23-35-47/h10-41,50-59,64-66H,42-43H2,1-9H3/t50-,51-,52-,53-,54+,55-,56+,57+,58+,59-,63-/m1/s1. The second-order valence-corrected chi connectivity index (χ2v) is 37.1. The van der Waals surface area contributed by atoms with Gasteiger partial charge in [0.1, 0.15) is 36.1 Å². The SMILES string of the molecule is CC(C)(C)[Si](OC[C@H]1O[C@H](O[C@@H]2OC=C[C@H]3[C@H](O[Si](c4ccccc4)(c4ccccc4)C(C)(C)C)[C@@H]4O[C@]4(CO[Si](c4ccccc4)(c4ccccc4)C(C)(C)C)[C@@H]23)[C@H](O)[C@@H](O)[C@@H]1O)(c1ccccc1)c1ccccc1. The molecule has 13 heteroatoms. The Morgan fingerprint density at radius 1 is 0.474 bits per heavy atom. The smallest absolute Gasteiger partial charge is 0.261 e. The van der Waals surface area contributed by atoms with E-state index in [4.69, 9.17) is 32.2 Å². The highest BCUT2D eigenvalue weighted by molar-refractivity contribution is 7.00. The summed E-state index contributed by atoms with van der Waals surface area (Å²) in [5.74, 6) is -0.858. The van der Waals surface area contributed by atoms with E-state index < -0.39 is 85.7 Å². The van der Waals surface area contributed by atoms with Crippen molar-refractivity contribution in [3.05, 3.63) is 194 Å². The maximum absolute atomic E-state index is 11.9. The largest absolute Gasteiger partial charge is 0.472 e. The molecule has 1 saturated carbocycles. The summed E-state index contributed by atoms with van der Waals surface area (Å²) >= 11 is 0. The molecule has 6 aromatic rings. The molecule has 76 heavy (non-hydrogen) atoms. The average molecular weight is 1080 g/mol. The summed E-state index contributed by atoms with van der Waals surface area (Å²) in [6.45, 7) is 20.3. The molecule has 10 rings (SSSR count). The fraction of sp³-hybridized carbons (Fsp3) is 0.397. The maximum Gasteiger partial charge on any atom is 0.261 e. The third kappa shape index (κ3) is 9.37. The van der Waals surface area contributed by atoms with E-state index in [0.717, 1.165) is 31.1 Å². The van der Waals surface area contributed by atoms with Crippen LogP contribution in [0, 0.1) is 11.8 Å². The van der Waals surface area contributed by atoms with Crippen molar-refractivity contribution in [2.75, 3.05) is 13.2 Å². The summed E-state index contributed by atoms with van der Waals surface area (Å²) in [7, 11) is -9.44. The molecule has 0 aromatic heterocycles. The van der Waals surface area contributed by atoms with E-state index in [0.29, 0.717) is 0 Å². The summed E-state index contributed by atoms with van der Waals surface area (Å²) in [4.78, 5) is 0. The normalized spacial score (nSPS) is 27.8. The van der Waals surface area contributed by atoms with Crippen LogP contribution in [-0.2, 0) is 32.2 Å². The van der Waals surface area contributed by atoms with Crippen molar-refractivity contribution in [1.29, 1.82) is 0 Å². The zero-order valence-corrected chi connectivity index (χ0v) is 48.4. The van der Waals surface area contributed by atoms with Gasteiger partial charge in [-0.15, -0.1) is 0 Å². The van der Waals surface area contributed by atoms with Crippen LogP contribution in [0.4, 0.5) is 0 Å². The van der Waals surface area contributed by atoms with Crippen molar-refractivity contribution in [3.8, 4) is 0 Å². The van der Waals surface area contributed by atoms with Gasteiger partial charge in [-0.2, -0.15) is 0 Å². The van der Waals surface area contributed by atoms with Gasteiger partial charge >= 0.3 is 0 Å². The summed E-state index contributed by atoms with van der Waals surface area (Å²) in [6.07, 6.45) is -5.56. The highest BCUT2D eigenvalue weighted by Gasteiger charge is 2.78. The highest BCUT2D eigenvalue weighted by Crippen LogP contribution is 2.62.